The van der Waals surface area contributed by atoms with Crippen molar-refractivity contribution in [3.8, 4) is 0 Å². The van der Waals surface area contributed by atoms with Gasteiger partial charge in [-0.2, -0.15) is 0 Å². The summed E-state index contributed by atoms with van der Waals surface area (Å²) in [5.41, 5.74) is 0. The van der Waals surface area contributed by atoms with Crippen LogP contribution in [0.25, 0.3) is 0 Å². The van der Waals surface area contributed by atoms with Crippen LogP contribution in [0, 0.1) is 0 Å². The van der Waals surface area contributed by atoms with Gasteiger partial charge in [0.15, 0.2) is 0 Å². The average molecular weight is 519 g/mol. The average Bonchev–Trinajstić information content (AvgIpc) is 3.03. The molecule has 0 saturated carbocycles. The van der Waals surface area contributed by atoms with Crippen LogP contribution in [0.4, 0.5) is 4.79 Å². The highest BCUT2D eigenvalue weighted by Gasteiger charge is 2.51. The molecule has 28 heavy (non-hydrogen) atoms. The maximum atomic E-state index is 12.2. The van der Waals surface area contributed by atoms with Gasteiger partial charge in [0, 0.05) is 25.7 Å². The van der Waals surface area contributed by atoms with Crippen molar-refractivity contribution < 1.29 is 33.4 Å². The summed E-state index contributed by atoms with van der Waals surface area (Å²) in [7, 11) is 0. The number of likely N-dealkylation sites (tertiary alicyclic amines) is 2. The topological polar surface area (TPSA) is 110 Å². The Morgan fingerprint density at radius 2 is 0.929 bits per heavy atom. The van der Waals surface area contributed by atoms with Crippen LogP contribution in [0.3, 0.4) is 0 Å². The minimum absolute atomic E-state index is 0.179. The van der Waals surface area contributed by atoms with Crippen LogP contribution in [-0.4, -0.2) is 59.6 Å². The van der Waals surface area contributed by atoms with Gasteiger partial charge in [0.1, 0.15) is 0 Å². The van der Waals surface area contributed by atoms with Crippen molar-refractivity contribution in [2.75, 3.05) is 0 Å². The van der Waals surface area contributed by atoms with Gasteiger partial charge in [-0.15, -0.1) is 0 Å². The zero-order valence-electron chi connectivity index (χ0n) is 13.5. The number of nitrogens with zero attached hydrogens (tertiary/aromatic N) is 2. The predicted octanol–water partition coefficient (Wildman–Crippen LogP) is 2.83. The highest BCUT2D eigenvalue weighted by Crippen LogP contribution is 2.39. The Morgan fingerprint density at radius 3 is 1.14 bits per heavy atom. The highest BCUT2D eigenvalue weighted by molar-refractivity contribution is 6.68. The summed E-state index contributed by atoms with van der Waals surface area (Å²) in [6.07, 6.45) is -6.36. The minimum Gasteiger partial charge on any atom is -0.405 e. The molecule has 9 nitrogen and oxygen atoms in total. The number of alkyl halides is 6. The van der Waals surface area contributed by atoms with Gasteiger partial charge in [-0.1, -0.05) is 69.6 Å². The van der Waals surface area contributed by atoms with Gasteiger partial charge in [-0.05, 0) is 0 Å². The fourth-order valence-electron chi connectivity index (χ4n) is 2.45. The SMILES string of the molecule is O=C(OC(N1C(=O)CCC1=O)C(Cl)(Cl)Cl)OC(N1C(=O)CCC1=O)C(Cl)(Cl)Cl. The van der Waals surface area contributed by atoms with Crippen LogP contribution in [0.5, 0.6) is 0 Å². The molecule has 0 aromatic carbocycles. The molecule has 15 heteroatoms. The molecule has 0 bridgehead atoms. The number of ether oxygens (including phenoxy) is 2. The molecule has 2 aliphatic heterocycles. The van der Waals surface area contributed by atoms with E-state index in [4.69, 9.17) is 79.1 Å². The van der Waals surface area contributed by atoms with E-state index in [-0.39, 0.29) is 25.7 Å². The van der Waals surface area contributed by atoms with Crippen LogP contribution in [0.15, 0.2) is 0 Å². The van der Waals surface area contributed by atoms with E-state index in [9.17, 15) is 24.0 Å². The number of rotatable bonds is 4. The second kappa shape index (κ2) is 8.57. The van der Waals surface area contributed by atoms with Crippen molar-refractivity contribution in [2.45, 2.75) is 45.7 Å². The zero-order chi connectivity index (χ0) is 21.4. The molecular formula is C13H10Cl6N2O7. The largest absolute Gasteiger partial charge is 0.512 e. The maximum absolute atomic E-state index is 12.2. The van der Waals surface area contributed by atoms with Crippen LogP contribution >= 0.6 is 69.6 Å². The van der Waals surface area contributed by atoms with Crippen molar-refractivity contribution in [2.24, 2.45) is 0 Å². The van der Waals surface area contributed by atoms with E-state index < -0.39 is 49.8 Å². The third kappa shape index (κ3) is 5.25. The molecular weight excluding hydrogens is 509 g/mol. The van der Waals surface area contributed by atoms with Crippen molar-refractivity contribution >= 4 is 99.4 Å². The van der Waals surface area contributed by atoms with E-state index in [0.29, 0.717) is 9.80 Å². The lowest BCUT2D eigenvalue weighted by Crippen LogP contribution is -2.52. The van der Waals surface area contributed by atoms with Crippen molar-refractivity contribution in [3.63, 3.8) is 0 Å². The van der Waals surface area contributed by atoms with Crippen LogP contribution in [-0.2, 0) is 28.7 Å². The number of imide groups is 2. The summed E-state index contributed by atoms with van der Waals surface area (Å²) in [5, 5.41) is 0. The molecule has 0 aromatic heterocycles. The van der Waals surface area contributed by atoms with Crippen LogP contribution in [0.2, 0.25) is 0 Å². The number of carbonyl (C=O) groups excluding carboxylic acids is 5. The van der Waals surface area contributed by atoms with Gasteiger partial charge < -0.3 is 9.47 Å². The fourth-order valence-corrected chi connectivity index (χ4v) is 3.31. The first-order valence-corrected chi connectivity index (χ1v) is 9.70. The molecule has 2 unspecified atom stereocenters. The second-order valence-electron chi connectivity index (χ2n) is 5.59. The second-order valence-corrected chi connectivity index (χ2v) is 10.3. The zero-order valence-corrected chi connectivity index (χ0v) is 18.0. The number of carbonyl (C=O) groups is 5. The predicted molar refractivity (Wildman–Crippen MR) is 97.9 cm³/mol. The van der Waals surface area contributed by atoms with Gasteiger partial charge >= 0.3 is 6.16 Å². The Labute approximate surface area is 187 Å². The van der Waals surface area contributed by atoms with Crippen LogP contribution in [0.1, 0.15) is 25.7 Å². The van der Waals surface area contributed by atoms with E-state index in [0.717, 1.165) is 0 Å². The number of amides is 4. The lowest BCUT2D eigenvalue weighted by atomic mass is 10.4. The Balaban J connectivity index is 2.22. The van der Waals surface area contributed by atoms with E-state index in [1.165, 1.54) is 0 Å². The molecule has 0 radical (unpaired) electrons. The fraction of sp³-hybridized carbons (Fsp3) is 0.615. The first-order valence-electron chi connectivity index (χ1n) is 7.44. The third-order valence-corrected chi connectivity index (χ3v) is 4.75. The monoisotopic (exact) mass is 516 g/mol. The molecule has 2 rings (SSSR count). The maximum Gasteiger partial charge on any atom is 0.512 e. The number of halogens is 6. The summed E-state index contributed by atoms with van der Waals surface area (Å²) in [6, 6.07) is 0. The van der Waals surface area contributed by atoms with E-state index in [2.05, 4.69) is 0 Å². The van der Waals surface area contributed by atoms with E-state index in [1.54, 1.807) is 0 Å². The smallest absolute Gasteiger partial charge is 0.405 e. The first kappa shape index (κ1) is 23.6. The lowest BCUT2D eigenvalue weighted by molar-refractivity contribution is -0.155. The lowest BCUT2D eigenvalue weighted by Gasteiger charge is -2.33. The molecule has 2 aliphatic rings. The summed E-state index contributed by atoms with van der Waals surface area (Å²) in [6.45, 7) is 0. The molecule has 2 atom stereocenters. The van der Waals surface area contributed by atoms with Crippen molar-refractivity contribution in [3.05, 3.63) is 0 Å². The Bertz CT molecular complexity index is 629. The number of hydrogen-bond acceptors (Lipinski definition) is 7. The van der Waals surface area contributed by atoms with Gasteiger partial charge in [-0.25, -0.2) is 14.6 Å². The minimum atomic E-state index is -2.44. The first-order chi connectivity index (χ1) is 12.7. The van der Waals surface area contributed by atoms with Crippen molar-refractivity contribution in [1.29, 1.82) is 0 Å². The summed E-state index contributed by atoms with van der Waals surface area (Å²) >= 11 is 34.3. The molecule has 0 spiro atoms. The summed E-state index contributed by atoms with van der Waals surface area (Å²) in [4.78, 5) is 60.6. The number of hydrogen-bond donors (Lipinski definition) is 0. The Hall–Kier alpha value is -0.710. The van der Waals surface area contributed by atoms with Gasteiger partial charge in [0.25, 0.3) is 0 Å². The molecule has 2 saturated heterocycles. The third-order valence-electron chi connectivity index (χ3n) is 3.62. The van der Waals surface area contributed by atoms with Crippen LogP contribution < -0.4 is 0 Å². The highest BCUT2D eigenvalue weighted by atomic mass is 35.6. The van der Waals surface area contributed by atoms with Crippen molar-refractivity contribution in [1.82, 2.24) is 9.80 Å². The molecule has 0 N–H and O–H groups in total. The normalized spacial score (nSPS) is 20.6. The van der Waals surface area contributed by atoms with Gasteiger partial charge in [0.2, 0.25) is 43.7 Å². The molecule has 0 aromatic rings. The standard InChI is InChI=1S/C13H10Cl6N2O7/c14-12(15,16)9(20-5(22)1-2-6(20)23)27-11(26)28-10(13(17,18)19)21-7(24)3-4-8(21)25/h9-10H,1-4H2. The molecule has 2 fully saturated rings. The summed E-state index contributed by atoms with van der Waals surface area (Å²) < 4.78 is 4.71. The molecule has 0 aliphatic carbocycles. The van der Waals surface area contributed by atoms with E-state index in [1.807, 2.05) is 0 Å². The molecule has 2 heterocycles. The quantitative estimate of drug-likeness (QED) is 0.320. The Morgan fingerprint density at radius 1 is 0.679 bits per heavy atom. The summed E-state index contributed by atoms with van der Waals surface area (Å²) in [5.74, 6) is -3.01. The van der Waals surface area contributed by atoms with E-state index >= 15 is 0 Å². The Kier molecular flexibility index (Phi) is 7.22. The molecule has 156 valence electrons. The van der Waals surface area contributed by atoms with Gasteiger partial charge in [-0.3, -0.25) is 19.2 Å². The molecule has 4 amide bonds. The van der Waals surface area contributed by atoms with Gasteiger partial charge in [0.05, 0.1) is 0 Å².